The third-order valence-electron chi connectivity index (χ3n) is 5.50. The van der Waals surface area contributed by atoms with E-state index in [1.54, 1.807) is 13.2 Å². The third kappa shape index (κ3) is 3.44. The molecule has 30 heavy (non-hydrogen) atoms. The smallest absolute Gasteiger partial charge is 0.336 e. The predicted octanol–water partition coefficient (Wildman–Crippen LogP) is 3.40. The van der Waals surface area contributed by atoms with E-state index in [-0.39, 0.29) is 5.63 Å². The zero-order chi connectivity index (χ0) is 20.5. The Hall–Kier alpha value is -3.57. The minimum atomic E-state index is -0.352. The molecule has 1 atom stereocenters. The van der Waals surface area contributed by atoms with Crippen LogP contribution in [0, 0.1) is 0 Å². The molecule has 0 saturated carbocycles. The third-order valence-corrected chi connectivity index (χ3v) is 5.50. The molecule has 0 aliphatic carbocycles. The zero-order valence-electron chi connectivity index (χ0n) is 16.7. The number of ether oxygens (including phenoxy) is 2. The summed E-state index contributed by atoms with van der Waals surface area (Å²) in [6.07, 6.45) is 0. The lowest BCUT2D eigenvalue weighted by atomic mass is 9.99. The average molecular weight is 400 g/mol. The molecule has 0 saturated heterocycles. The van der Waals surface area contributed by atoms with Crippen LogP contribution in [0.25, 0.3) is 22.1 Å². The number of benzene rings is 3. The van der Waals surface area contributed by atoms with Gasteiger partial charge in [0.05, 0.1) is 12.7 Å². The van der Waals surface area contributed by atoms with Crippen LogP contribution in [0.3, 0.4) is 0 Å². The number of nitrogens with one attached hydrogen (secondary N) is 1. The molecule has 0 bridgehead atoms. The van der Waals surface area contributed by atoms with Gasteiger partial charge in [-0.2, -0.15) is 0 Å². The molecule has 1 N–H and O–H groups in total. The molecule has 1 aliphatic heterocycles. The predicted molar refractivity (Wildman–Crippen MR) is 115 cm³/mol. The minimum Gasteiger partial charge on any atom is -0.497 e. The van der Waals surface area contributed by atoms with Crippen LogP contribution in [0.1, 0.15) is 11.1 Å². The van der Waals surface area contributed by atoms with E-state index in [0.29, 0.717) is 18.9 Å². The molecule has 0 fully saturated rings. The second-order valence-electron chi connectivity index (χ2n) is 7.51. The quantitative estimate of drug-likeness (QED) is 0.534. The highest BCUT2D eigenvalue weighted by Crippen LogP contribution is 2.34. The summed E-state index contributed by atoms with van der Waals surface area (Å²) in [4.78, 5) is 13.6. The molecular weight excluding hydrogens is 378 g/mol. The second kappa shape index (κ2) is 7.69. The fraction of sp³-hybridized carbons (Fsp3) is 0.160. The van der Waals surface area contributed by atoms with Crippen molar-refractivity contribution in [3.8, 4) is 22.6 Å². The summed E-state index contributed by atoms with van der Waals surface area (Å²) in [6.45, 7) is 2.05. The summed E-state index contributed by atoms with van der Waals surface area (Å²) in [5.41, 5.74) is 4.24. The van der Waals surface area contributed by atoms with Gasteiger partial charge in [0.1, 0.15) is 24.6 Å². The van der Waals surface area contributed by atoms with Crippen LogP contribution in [0.2, 0.25) is 0 Å². The van der Waals surface area contributed by atoms with E-state index in [2.05, 4.69) is 6.07 Å². The highest BCUT2D eigenvalue weighted by Gasteiger charge is 2.25. The van der Waals surface area contributed by atoms with Crippen molar-refractivity contribution in [2.75, 3.05) is 13.8 Å². The fourth-order valence-corrected chi connectivity index (χ4v) is 4.09. The molecule has 150 valence electrons. The maximum Gasteiger partial charge on any atom is 0.336 e. The Morgan fingerprint density at radius 3 is 2.70 bits per heavy atom. The number of hydrogen-bond acceptors (Lipinski definition) is 4. The molecule has 5 heteroatoms. The van der Waals surface area contributed by atoms with Crippen molar-refractivity contribution in [1.29, 1.82) is 0 Å². The van der Waals surface area contributed by atoms with Gasteiger partial charge in [-0.1, -0.05) is 42.5 Å². The minimum absolute atomic E-state index is 0.352. The molecule has 1 aliphatic rings. The number of hydrogen-bond donors (Lipinski definition) is 1. The first-order valence-electron chi connectivity index (χ1n) is 9.96. The van der Waals surface area contributed by atoms with Gasteiger partial charge in [0.2, 0.25) is 6.73 Å². The largest absolute Gasteiger partial charge is 0.497 e. The highest BCUT2D eigenvalue weighted by molar-refractivity contribution is 5.95. The maximum absolute atomic E-state index is 12.4. The van der Waals surface area contributed by atoms with E-state index in [4.69, 9.17) is 13.9 Å². The summed E-state index contributed by atoms with van der Waals surface area (Å²) in [5.74, 6) is 1.62. The van der Waals surface area contributed by atoms with Gasteiger partial charge < -0.3 is 13.9 Å². The lowest BCUT2D eigenvalue weighted by Gasteiger charge is -2.26. The van der Waals surface area contributed by atoms with Gasteiger partial charge in [0.25, 0.3) is 0 Å². The van der Waals surface area contributed by atoms with Crippen LogP contribution >= 0.6 is 0 Å². The van der Waals surface area contributed by atoms with Crippen molar-refractivity contribution in [1.82, 2.24) is 0 Å². The summed E-state index contributed by atoms with van der Waals surface area (Å²) in [5, 5.41) is 0.922. The highest BCUT2D eigenvalue weighted by atomic mass is 16.5. The Labute approximate surface area is 174 Å². The molecule has 0 amide bonds. The zero-order valence-corrected chi connectivity index (χ0v) is 16.7. The van der Waals surface area contributed by atoms with Crippen LogP contribution < -0.4 is 20.0 Å². The first-order valence-corrected chi connectivity index (χ1v) is 9.96. The Balaban J connectivity index is 1.54. The van der Waals surface area contributed by atoms with Crippen molar-refractivity contribution >= 4 is 11.0 Å². The van der Waals surface area contributed by atoms with Crippen molar-refractivity contribution in [2.45, 2.75) is 13.1 Å². The van der Waals surface area contributed by atoms with Crippen LogP contribution in [0.5, 0.6) is 11.5 Å². The summed E-state index contributed by atoms with van der Waals surface area (Å²) in [6, 6.07) is 23.5. The average Bonchev–Trinajstić information content (AvgIpc) is 2.79. The molecule has 1 unspecified atom stereocenters. The van der Waals surface area contributed by atoms with E-state index in [0.717, 1.165) is 40.1 Å². The lowest BCUT2D eigenvalue weighted by molar-refractivity contribution is -0.945. The van der Waals surface area contributed by atoms with Crippen molar-refractivity contribution in [3.05, 3.63) is 94.3 Å². The van der Waals surface area contributed by atoms with E-state index < -0.39 is 0 Å². The van der Waals surface area contributed by atoms with Gasteiger partial charge in [-0.05, 0) is 35.4 Å². The Bertz CT molecular complexity index is 1260. The monoisotopic (exact) mass is 400 g/mol. The van der Waals surface area contributed by atoms with Gasteiger partial charge in [-0.15, -0.1) is 0 Å². The van der Waals surface area contributed by atoms with Gasteiger partial charge in [-0.25, -0.2) is 4.79 Å². The molecule has 4 aromatic rings. The second-order valence-corrected chi connectivity index (χ2v) is 7.51. The van der Waals surface area contributed by atoms with Crippen LogP contribution in [0.15, 0.2) is 82.0 Å². The van der Waals surface area contributed by atoms with E-state index in [9.17, 15) is 4.79 Å². The summed E-state index contributed by atoms with van der Waals surface area (Å²) in [7, 11) is 1.67. The number of fused-ring (bicyclic) bond motifs is 3. The first-order chi connectivity index (χ1) is 14.7. The molecule has 3 aromatic carbocycles. The number of quaternary nitrogens is 1. The molecule has 0 spiro atoms. The normalized spacial score (nSPS) is 15.4. The molecular formula is C25H22NO4+. The van der Waals surface area contributed by atoms with Gasteiger partial charge >= 0.3 is 5.63 Å². The van der Waals surface area contributed by atoms with Crippen LogP contribution in [-0.4, -0.2) is 13.8 Å². The first kappa shape index (κ1) is 18.5. The van der Waals surface area contributed by atoms with Gasteiger partial charge in [0, 0.05) is 17.0 Å². The Kier molecular flexibility index (Phi) is 4.73. The molecule has 0 radical (unpaired) electrons. The Morgan fingerprint density at radius 1 is 1.00 bits per heavy atom. The van der Waals surface area contributed by atoms with E-state index in [1.165, 1.54) is 10.5 Å². The molecule has 5 rings (SSSR count). The molecule has 2 heterocycles. The molecule has 1 aromatic heterocycles. The topological polar surface area (TPSA) is 53.1 Å². The fourth-order valence-electron chi connectivity index (χ4n) is 4.09. The maximum atomic E-state index is 12.4. The number of rotatable bonds is 4. The summed E-state index contributed by atoms with van der Waals surface area (Å²) < 4.78 is 17.1. The van der Waals surface area contributed by atoms with Gasteiger partial charge in [0.15, 0.2) is 5.58 Å². The van der Waals surface area contributed by atoms with Crippen LogP contribution in [0.4, 0.5) is 0 Å². The standard InChI is InChI=1S/C25H21NO4/c1-28-19-9-5-6-17(12-19)14-26-15-22-23(29-16-26)11-10-20-21(13-24(27)30-25(20)22)18-7-3-2-4-8-18/h2-13H,14-16H2,1H3/p+1. The van der Waals surface area contributed by atoms with Gasteiger partial charge in [-0.3, -0.25) is 4.90 Å². The Morgan fingerprint density at radius 2 is 1.87 bits per heavy atom. The van der Waals surface area contributed by atoms with E-state index in [1.807, 2.05) is 60.7 Å². The lowest BCUT2D eigenvalue weighted by Crippen LogP contribution is -3.10. The van der Waals surface area contributed by atoms with Crippen LogP contribution in [-0.2, 0) is 13.1 Å². The number of methoxy groups -OCH3 is 1. The van der Waals surface area contributed by atoms with Crippen molar-refractivity contribution in [2.24, 2.45) is 0 Å². The van der Waals surface area contributed by atoms with Crippen molar-refractivity contribution < 1.29 is 18.8 Å². The van der Waals surface area contributed by atoms with Crippen molar-refractivity contribution in [3.63, 3.8) is 0 Å². The molecule has 5 nitrogen and oxygen atoms in total. The van der Waals surface area contributed by atoms with E-state index >= 15 is 0 Å². The SMILES string of the molecule is COc1cccc(C[NH+]2COc3ccc4c(-c5ccccc5)cc(=O)oc4c3C2)c1. The summed E-state index contributed by atoms with van der Waals surface area (Å²) >= 11 is 0.